The van der Waals surface area contributed by atoms with Gasteiger partial charge >= 0.3 is 5.69 Å². The molecule has 11 heteroatoms. The molecule has 0 aliphatic rings. The summed E-state index contributed by atoms with van der Waals surface area (Å²) in [6.45, 7) is 0.181. The van der Waals surface area contributed by atoms with Crippen molar-refractivity contribution in [1.82, 2.24) is 9.55 Å². The van der Waals surface area contributed by atoms with Crippen molar-refractivity contribution in [2.75, 3.05) is 24.4 Å². The van der Waals surface area contributed by atoms with Crippen LogP contribution >= 0.6 is 0 Å². The van der Waals surface area contributed by atoms with Gasteiger partial charge in [0.15, 0.2) is 5.69 Å². The molecule has 1 amide bonds. The number of hydrogen-bond acceptors (Lipinski definition) is 7. The lowest BCUT2D eigenvalue weighted by Crippen LogP contribution is -2.40. The van der Waals surface area contributed by atoms with Crippen LogP contribution in [0.25, 0.3) is 6.08 Å². The maximum atomic E-state index is 13.3. The second kappa shape index (κ2) is 10.9. The minimum atomic E-state index is -0.834. The molecule has 0 fully saturated rings. The van der Waals surface area contributed by atoms with Crippen LogP contribution in [0, 0.1) is 10.1 Å². The van der Waals surface area contributed by atoms with E-state index in [0.717, 1.165) is 15.5 Å². The number of nitrogen functional groups attached to an aromatic ring is 1. The summed E-state index contributed by atoms with van der Waals surface area (Å²) < 4.78 is 6.10. The summed E-state index contributed by atoms with van der Waals surface area (Å²) in [5.41, 5.74) is 5.13. The number of hydrogen-bond donors (Lipinski definition) is 2. The second-order valence-electron chi connectivity index (χ2n) is 7.20. The number of nitrogens with one attached hydrogen (secondary N) is 1. The number of nitro groups is 1. The first kappa shape index (κ1) is 24.1. The number of nitro benzene ring substituents is 1. The van der Waals surface area contributed by atoms with Gasteiger partial charge in [-0.2, -0.15) is 0 Å². The standard InChI is InChI=1S/C23H23N5O6/c1-34-14-13-26-21(24)20(22(30)25-23(26)31)27(15-16-7-3-2-4-8-16)19(29)12-11-17-9-5-6-10-18(17)28(32)33/h2-12H,13-15,24H2,1H3,(H,25,30,31)/b12-11+. The molecule has 1 aromatic heterocycles. The van der Waals surface area contributed by atoms with Gasteiger partial charge in [0.1, 0.15) is 5.82 Å². The van der Waals surface area contributed by atoms with Gasteiger partial charge in [-0.3, -0.25) is 34.2 Å². The fraction of sp³-hybridized carbons (Fsp3) is 0.174. The monoisotopic (exact) mass is 465 g/mol. The van der Waals surface area contributed by atoms with E-state index in [-0.39, 0.29) is 42.5 Å². The third-order valence-electron chi connectivity index (χ3n) is 4.99. The van der Waals surface area contributed by atoms with Gasteiger partial charge in [0.2, 0.25) is 0 Å². The van der Waals surface area contributed by atoms with Gasteiger partial charge in [-0.15, -0.1) is 0 Å². The average Bonchev–Trinajstić information content (AvgIpc) is 2.82. The molecule has 0 aliphatic heterocycles. The Morgan fingerprint density at radius 1 is 1.18 bits per heavy atom. The minimum absolute atomic E-state index is 0.0311. The molecule has 11 nitrogen and oxygen atoms in total. The van der Waals surface area contributed by atoms with Crippen LogP contribution in [0.15, 0.2) is 70.3 Å². The fourth-order valence-electron chi connectivity index (χ4n) is 3.32. The predicted molar refractivity (Wildman–Crippen MR) is 127 cm³/mol. The number of rotatable bonds is 9. The third kappa shape index (κ3) is 5.45. The van der Waals surface area contributed by atoms with E-state index in [9.17, 15) is 24.5 Å². The highest BCUT2D eigenvalue weighted by atomic mass is 16.6. The largest absolute Gasteiger partial charge is 0.383 e. The summed E-state index contributed by atoms with van der Waals surface area (Å²) in [6.07, 6.45) is 2.42. The van der Waals surface area contributed by atoms with E-state index in [0.29, 0.717) is 5.56 Å². The normalized spacial score (nSPS) is 11.0. The van der Waals surface area contributed by atoms with Crippen molar-refractivity contribution in [3.05, 3.63) is 103 Å². The molecule has 176 valence electrons. The van der Waals surface area contributed by atoms with Crippen molar-refractivity contribution in [2.45, 2.75) is 13.1 Å². The molecule has 0 radical (unpaired) electrons. The number of carbonyl (C=O) groups excluding carboxylic acids is 1. The zero-order valence-corrected chi connectivity index (χ0v) is 18.3. The second-order valence-corrected chi connectivity index (χ2v) is 7.20. The molecule has 1 heterocycles. The van der Waals surface area contributed by atoms with Crippen LogP contribution in [0.4, 0.5) is 17.2 Å². The molecule has 0 saturated carbocycles. The van der Waals surface area contributed by atoms with Gasteiger partial charge in [0.25, 0.3) is 17.2 Å². The molecule has 3 aromatic rings. The van der Waals surface area contributed by atoms with Crippen molar-refractivity contribution in [2.24, 2.45) is 0 Å². The van der Waals surface area contributed by atoms with E-state index in [1.807, 2.05) is 0 Å². The Kier molecular flexibility index (Phi) is 7.72. The summed E-state index contributed by atoms with van der Waals surface area (Å²) in [6, 6.07) is 14.8. The molecule has 0 atom stereocenters. The number of benzene rings is 2. The van der Waals surface area contributed by atoms with Crippen LogP contribution in [0.1, 0.15) is 11.1 Å². The number of carbonyl (C=O) groups is 1. The Balaban J connectivity index is 2.08. The molecule has 3 rings (SSSR count). The summed E-state index contributed by atoms with van der Waals surface area (Å²) in [7, 11) is 1.45. The van der Waals surface area contributed by atoms with E-state index in [2.05, 4.69) is 4.98 Å². The topological polar surface area (TPSA) is 154 Å². The molecule has 0 aliphatic carbocycles. The maximum absolute atomic E-state index is 13.3. The van der Waals surface area contributed by atoms with Gasteiger partial charge in [0.05, 0.1) is 30.2 Å². The molecule has 3 N–H and O–H groups in total. The quantitative estimate of drug-likeness (QED) is 0.278. The Morgan fingerprint density at radius 3 is 2.53 bits per heavy atom. The summed E-state index contributed by atoms with van der Waals surface area (Å²) in [5, 5.41) is 11.3. The first-order chi connectivity index (χ1) is 16.3. The third-order valence-corrected chi connectivity index (χ3v) is 4.99. The van der Waals surface area contributed by atoms with Crippen LogP contribution in [-0.2, 0) is 22.6 Å². The van der Waals surface area contributed by atoms with Crippen LogP contribution in [0.3, 0.4) is 0 Å². The maximum Gasteiger partial charge on any atom is 0.330 e. The van der Waals surface area contributed by atoms with E-state index < -0.39 is 22.1 Å². The fourth-order valence-corrected chi connectivity index (χ4v) is 3.32. The number of ether oxygens (including phenoxy) is 1. The Labute approximate surface area is 193 Å². The SMILES string of the molecule is COCCn1c(N)c(N(Cc2ccccc2)C(=O)/C=C/c2ccccc2[N+](=O)[O-])c(=O)[nH]c1=O. The molecule has 0 unspecified atom stereocenters. The first-order valence-corrected chi connectivity index (χ1v) is 10.2. The van der Waals surface area contributed by atoms with Crippen molar-refractivity contribution >= 4 is 29.2 Å². The van der Waals surface area contributed by atoms with Crippen molar-refractivity contribution in [3.8, 4) is 0 Å². The van der Waals surface area contributed by atoms with Gasteiger partial charge in [-0.1, -0.05) is 42.5 Å². The molecular formula is C23H23N5O6. The smallest absolute Gasteiger partial charge is 0.330 e. The van der Waals surface area contributed by atoms with Crippen molar-refractivity contribution in [1.29, 1.82) is 0 Å². The number of nitrogens with zero attached hydrogens (tertiary/aromatic N) is 3. The molecule has 2 aromatic carbocycles. The minimum Gasteiger partial charge on any atom is -0.383 e. The Hall–Kier alpha value is -4.51. The van der Waals surface area contributed by atoms with Crippen LogP contribution in [-0.4, -0.2) is 34.1 Å². The summed E-state index contributed by atoms with van der Waals surface area (Å²) >= 11 is 0. The molecular weight excluding hydrogens is 442 g/mol. The number of aromatic nitrogens is 2. The van der Waals surface area contributed by atoms with Crippen molar-refractivity contribution < 1.29 is 14.5 Å². The Morgan fingerprint density at radius 2 is 1.85 bits per heavy atom. The number of anilines is 2. The molecule has 0 bridgehead atoms. The molecule has 0 saturated heterocycles. The van der Waals surface area contributed by atoms with Crippen LogP contribution in [0.5, 0.6) is 0 Å². The number of methoxy groups -OCH3 is 1. The average molecular weight is 465 g/mol. The van der Waals surface area contributed by atoms with E-state index in [1.165, 1.54) is 31.4 Å². The lowest BCUT2D eigenvalue weighted by molar-refractivity contribution is -0.385. The highest BCUT2D eigenvalue weighted by molar-refractivity contribution is 6.05. The van der Waals surface area contributed by atoms with E-state index in [1.54, 1.807) is 36.4 Å². The number of amides is 1. The van der Waals surface area contributed by atoms with Crippen LogP contribution < -0.4 is 21.9 Å². The number of nitrogens with two attached hydrogens (primary N) is 1. The van der Waals surface area contributed by atoms with E-state index in [4.69, 9.17) is 10.5 Å². The first-order valence-electron chi connectivity index (χ1n) is 10.2. The van der Waals surface area contributed by atoms with Gasteiger partial charge < -0.3 is 10.5 Å². The zero-order chi connectivity index (χ0) is 24.7. The highest BCUT2D eigenvalue weighted by Crippen LogP contribution is 2.22. The lowest BCUT2D eigenvalue weighted by Gasteiger charge is -2.23. The summed E-state index contributed by atoms with van der Waals surface area (Å²) in [5.74, 6) is -0.856. The van der Waals surface area contributed by atoms with Crippen LogP contribution in [0.2, 0.25) is 0 Å². The molecule has 34 heavy (non-hydrogen) atoms. The predicted octanol–water partition coefficient (Wildman–Crippen LogP) is 1.92. The number of H-pyrrole nitrogens is 1. The highest BCUT2D eigenvalue weighted by Gasteiger charge is 2.23. The Bertz CT molecular complexity index is 1330. The van der Waals surface area contributed by atoms with Crippen molar-refractivity contribution in [3.63, 3.8) is 0 Å². The lowest BCUT2D eigenvalue weighted by atomic mass is 10.1. The summed E-state index contributed by atoms with van der Waals surface area (Å²) in [4.78, 5) is 52.3. The van der Waals surface area contributed by atoms with E-state index >= 15 is 0 Å². The zero-order valence-electron chi connectivity index (χ0n) is 18.3. The number of aromatic amines is 1. The van der Waals surface area contributed by atoms with Gasteiger partial charge in [-0.25, -0.2) is 4.79 Å². The number of para-hydroxylation sites is 1. The van der Waals surface area contributed by atoms with Gasteiger partial charge in [-0.05, 0) is 17.7 Å². The van der Waals surface area contributed by atoms with Gasteiger partial charge in [0, 0.05) is 19.3 Å². The molecule has 0 spiro atoms.